The topological polar surface area (TPSA) is 30.5 Å². The molecule has 1 aliphatic rings. The molecule has 0 aromatic carbocycles. The molecule has 1 unspecified atom stereocenters. The maximum absolute atomic E-state index is 5.81. The van der Waals surface area contributed by atoms with E-state index in [1.807, 2.05) is 13.2 Å². The van der Waals surface area contributed by atoms with E-state index in [0.29, 0.717) is 6.04 Å². The zero-order valence-corrected chi connectivity index (χ0v) is 10.6. The molecule has 0 saturated carbocycles. The molecule has 0 amide bonds. The molecule has 1 saturated heterocycles. The van der Waals surface area contributed by atoms with Crippen molar-refractivity contribution < 1.29 is 9.47 Å². The van der Waals surface area contributed by atoms with Crippen molar-refractivity contribution in [1.82, 2.24) is 5.32 Å². The van der Waals surface area contributed by atoms with Crippen molar-refractivity contribution in [2.75, 3.05) is 26.9 Å². The first-order valence-corrected chi connectivity index (χ1v) is 6.26. The van der Waals surface area contributed by atoms with Crippen molar-refractivity contribution in [3.05, 3.63) is 12.7 Å². The summed E-state index contributed by atoms with van der Waals surface area (Å²) < 4.78 is 11.2. The lowest BCUT2D eigenvalue weighted by Crippen LogP contribution is -2.54. The predicted octanol–water partition coefficient (Wildman–Crippen LogP) is 2.13. The summed E-state index contributed by atoms with van der Waals surface area (Å²) in [7, 11) is 1.82. The Kier molecular flexibility index (Phi) is 6.03. The number of nitrogens with one attached hydrogen (secondary N) is 1. The van der Waals surface area contributed by atoms with Crippen LogP contribution in [0.1, 0.15) is 32.6 Å². The Morgan fingerprint density at radius 2 is 2.19 bits per heavy atom. The first-order valence-electron chi connectivity index (χ1n) is 6.26. The third kappa shape index (κ3) is 3.30. The fourth-order valence-electron chi connectivity index (χ4n) is 2.49. The van der Waals surface area contributed by atoms with Gasteiger partial charge in [-0.15, -0.1) is 6.58 Å². The van der Waals surface area contributed by atoms with Crippen LogP contribution in [0.2, 0.25) is 0 Å². The van der Waals surface area contributed by atoms with Crippen molar-refractivity contribution >= 4 is 0 Å². The van der Waals surface area contributed by atoms with Gasteiger partial charge >= 0.3 is 0 Å². The second kappa shape index (κ2) is 7.05. The number of ether oxygens (including phenoxy) is 2. The molecule has 0 spiro atoms. The first-order chi connectivity index (χ1) is 7.79. The smallest absolute Gasteiger partial charge is 0.0874 e. The Morgan fingerprint density at radius 3 is 2.69 bits per heavy atom. The number of rotatable bonds is 7. The van der Waals surface area contributed by atoms with E-state index in [-0.39, 0.29) is 5.60 Å². The van der Waals surface area contributed by atoms with E-state index in [4.69, 9.17) is 9.47 Å². The fourth-order valence-corrected chi connectivity index (χ4v) is 2.49. The second-order valence-electron chi connectivity index (χ2n) is 4.36. The molecule has 3 nitrogen and oxygen atoms in total. The molecule has 1 aliphatic heterocycles. The van der Waals surface area contributed by atoms with Gasteiger partial charge in [0.1, 0.15) is 0 Å². The lowest BCUT2D eigenvalue weighted by atomic mass is 9.83. The van der Waals surface area contributed by atoms with Gasteiger partial charge in [-0.1, -0.05) is 13.0 Å². The van der Waals surface area contributed by atoms with Crippen LogP contribution in [-0.2, 0) is 9.47 Å². The van der Waals surface area contributed by atoms with Gasteiger partial charge in [0.2, 0.25) is 0 Å². The predicted molar refractivity (Wildman–Crippen MR) is 66.7 cm³/mol. The summed E-state index contributed by atoms with van der Waals surface area (Å²) in [6, 6.07) is 0.407. The van der Waals surface area contributed by atoms with E-state index in [2.05, 4.69) is 18.8 Å². The SMILES string of the molecule is C=CCCC(NCC)C1(OC)CCOCC1. The van der Waals surface area contributed by atoms with Crippen LogP contribution in [0.25, 0.3) is 0 Å². The minimum Gasteiger partial charge on any atom is -0.381 e. The molecular formula is C13H25NO2. The number of hydrogen-bond acceptors (Lipinski definition) is 3. The quantitative estimate of drug-likeness (QED) is 0.676. The van der Waals surface area contributed by atoms with Crippen LogP contribution in [0, 0.1) is 0 Å². The van der Waals surface area contributed by atoms with Crippen LogP contribution in [0.3, 0.4) is 0 Å². The fraction of sp³-hybridized carbons (Fsp3) is 0.846. The zero-order valence-electron chi connectivity index (χ0n) is 10.6. The number of likely N-dealkylation sites (N-methyl/N-ethyl adjacent to an activating group) is 1. The molecule has 0 bridgehead atoms. The highest BCUT2D eigenvalue weighted by molar-refractivity contribution is 4.95. The van der Waals surface area contributed by atoms with Crippen LogP contribution in [-0.4, -0.2) is 38.5 Å². The average Bonchev–Trinajstić information content (AvgIpc) is 2.35. The average molecular weight is 227 g/mol. The third-order valence-corrected chi connectivity index (χ3v) is 3.49. The minimum absolute atomic E-state index is 0.0444. The monoisotopic (exact) mass is 227 g/mol. The van der Waals surface area contributed by atoms with Crippen molar-refractivity contribution in [2.45, 2.75) is 44.2 Å². The van der Waals surface area contributed by atoms with Crippen molar-refractivity contribution in [3.63, 3.8) is 0 Å². The van der Waals surface area contributed by atoms with Crippen LogP contribution in [0.5, 0.6) is 0 Å². The van der Waals surface area contributed by atoms with Crippen molar-refractivity contribution in [2.24, 2.45) is 0 Å². The van der Waals surface area contributed by atoms with E-state index >= 15 is 0 Å². The number of allylic oxidation sites excluding steroid dienone is 1. The van der Waals surface area contributed by atoms with E-state index in [1.165, 1.54) is 0 Å². The largest absolute Gasteiger partial charge is 0.381 e. The van der Waals surface area contributed by atoms with E-state index < -0.39 is 0 Å². The van der Waals surface area contributed by atoms with Gasteiger partial charge in [-0.05, 0) is 19.4 Å². The molecule has 1 atom stereocenters. The summed E-state index contributed by atoms with van der Waals surface area (Å²) in [6.45, 7) is 8.53. The van der Waals surface area contributed by atoms with Crippen LogP contribution in [0.15, 0.2) is 12.7 Å². The Labute approximate surface area is 99.2 Å². The molecule has 0 aliphatic carbocycles. The standard InChI is InChI=1S/C13H25NO2/c1-4-6-7-12(14-5-2)13(15-3)8-10-16-11-9-13/h4,12,14H,1,5-11H2,2-3H3. The normalized spacial score (nSPS) is 21.6. The molecule has 1 rings (SSSR count). The van der Waals surface area contributed by atoms with Crippen LogP contribution in [0.4, 0.5) is 0 Å². The lowest BCUT2D eigenvalue weighted by molar-refractivity contribution is -0.111. The molecule has 16 heavy (non-hydrogen) atoms. The van der Waals surface area contributed by atoms with Crippen molar-refractivity contribution in [3.8, 4) is 0 Å². The summed E-state index contributed by atoms with van der Waals surface area (Å²) in [6.07, 6.45) is 6.07. The Morgan fingerprint density at radius 1 is 1.50 bits per heavy atom. The van der Waals surface area contributed by atoms with Gasteiger partial charge in [0, 0.05) is 39.2 Å². The molecular weight excluding hydrogens is 202 g/mol. The van der Waals surface area contributed by atoms with E-state index in [9.17, 15) is 0 Å². The summed E-state index contributed by atoms with van der Waals surface area (Å²) in [4.78, 5) is 0. The molecule has 3 heteroatoms. The summed E-state index contributed by atoms with van der Waals surface area (Å²) in [5.74, 6) is 0. The van der Waals surface area contributed by atoms with Gasteiger partial charge in [0.25, 0.3) is 0 Å². The van der Waals surface area contributed by atoms with E-state index in [0.717, 1.165) is 45.4 Å². The minimum atomic E-state index is -0.0444. The molecule has 0 radical (unpaired) electrons. The van der Waals surface area contributed by atoms with Crippen LogP contribution < -0.4 is 5.32 Å². The third-order valence-electron chi connectivity index (χ3n) is 3.49. The summed E-state index contributed by atoms with van der Waals surface area (Å²) >= 11 is 0. The summed E-state index contributed by atoms with van der Waals surface area (Å²) in [5.41, 5.74) is -0.0444. The highest BCUT2D eigenvalue weighted by Crippen LogP contribution is 2.30. The van der Waals surface area contributed by atoms with Gasteiger partial charge in [-0.3, -0.25) is 0 Å². The highest BCUT2D eigenvalue weighted by atomic mass is 16.5. The van der Waals surface area contributed by atoms with Gasteiger partial charge in [0.15, 0.2) is 0 Å². The molecule has 94 valence electrons. The van der Waals surface area contributed by atoms with Gasteiger partial charge in [0.05, 0.1) is 5.60 Å². The molecule has 0 aromatic heterocycles. The molecule has 1 heterocycles. The Bertz CT molecular complexity index is 200. The highest BCUT2D eigenvalue weighted by Gasteiger charge is 2.39. The lowest BCUT2D eigenvalue weighted by Gasteiger charge is -2.42. The maximum Gasteiger partial charge on any atom is 0.0874 e. The van der Waals surface area contributed by atoms with Gasteiger partial charge < -0.3 is 14.8 Å². The molecule has 0 aromatic rings. The molecule has 1 N–H and O–H groups in total. The summed E-state index contributed by atoms with van der Waals surface area (Å²) in [5, 5.41) is 3.55. The van der Waals surface area contributed by atoms with Crippen molar-refractivity contribution in [1.29, 1.82) is 0 Å². The van der Waals surface area contributed by atoms with Gasteiger partial charge in [-0.2, -0.15) is 0 Å². The van der Waals surface area contributed by atoms with E-state index in [1.54, 1.807) is 0 Å². The zero-order chi connectivity index (χ0) is 11.9. The first kappa shape index (κ1) is 13.7. The number of hydrogen-bond donors (Lipinski definition) is 1. The number of methoxy groups -OCH3 is 1. The maximum atomic E-state index is 5.81. The Balaban J connectivity index is 2.65. The van der Waals surface area contributed by atoms with Gasteiger partial charge in [-0.25, -0.2) is 0 Å². The van der Waals surface area contributed by atoms with Crippen LogP contribution >= 0.6 is 0 Å². The Hall–Kier alpha value is -0.380. The second-order valence-corrected chi connectivity index (χ2v) is 4.36. The molecule has 1 fully saturated rings.